The van der Waals surface area contributed by atoms with Gasteiger partial charge in [-0.3, -0.25) is 28.8 Å². The van der Waals surface area contributed by atoms with Crippen molar-refractivity contribution in [2.24, 2.45) is 23.7 Å². The molecule has 11 aromatic carbocycles. The highest BCUT2D eigenvalue weighted by Crippen LogP contribution is 2.39. The Morgan fingerprint density at radius 1 is 0.333 bits per heavy atom. The molecule has 0 aliphatic rings. The van der Waals surface area contributed by atoms with Gasteiger partial charge in [0.25, 0.3) is 5.91 Å². The molecule has 96 heavy (non-hydrogen) atoms. The Balaban J connectivity index is 0.000000167. The van der Waals surface area contributed by atoms with Gasteiger partial charge >= 0.3 is 5.97 Å². The standard InChI is InChI=1S/C28H23NO3.C18H20N2O2.C18H21NO2.C18H19NO2/c1-3-17(2)27(30)29-22-13-9-21(10-14-22)28(31)32-24-16-12-20-8-7-18-5-4-6-19-11-15-23(24)26(20)25(18)19;1-3-13(2)17(21)19-16-11-9-14(10-12-16)18(22)20-15-7-5-4-6-8-15;1-3-14(2)18(20)19-16-11-9-15(10-12-16)13-21-17-7-5-4-6-8-17;1-3-13(2)18(21)19-16-11-9-15(10-12-16)17(20)14-7-5-4-6-8-14/h4-17H,3H2,1-2H3,(H,29,30);4-13H,3H2,1-2H3,(H,19,21)(H,20,22);4-12,14H,3,13H2,1-2H3,(H,19,20);4-13H,3H2,1-2H3,(H,19,21). The number of benzene rings is 11. The van der Waals surface area contributed by atoms with Crippen molar-refractivity contribution in [3.05, 3.63) is 270 Å². The summed E-state index contributed by atoms with van der Waals surface area (Å²) < 4.78 is 11.5. The monoisotopic (exact) mass is 1280 g/mol. The lowest BCUT2D eigenvalue weighted by molar-refractivity contribution is -0.120. The van der Waals surface area contributed by atoms with Crippen LogP contribution in [0.4, 0.5) is 28.4 Å². The van der Waals surface area contributed by atoms with E-state index in [-0.39, 0.29) is 59.0 Å². The minimum Gasteiger partial charge on any atom is -0.489 e. The van der Waals surface area contributed by atoms with Crippen molar-refractivity contribution in [2.75, 3.05) is 26.6 Å². The van der Waals surface area contributed by atoms with Crippen LogP contribution in [0.3, 0.4) is 0 Å². The van der Waals surface area contributed by atoms with E-state index in [1.54, 1.807) is 84.9 Å². The molecule has 0 radical (unpaired) electrons. The summed E-state index contributed by atoms with van der Waals surface area (Å²) in [7, 11) is 0. The number of para-hydroxylation sites is 2. The number of carbonyl (C=O) groups excluding carboxylic acids is 7. The molecular formula is C82H83N5O9. The van der Waals surface area contributed by atoms with Crippen LogP contribution in [0.2, 0.25) is 0 Å². The fraction of sp³-hybridized carbons (Fsp3) is 0.207. The molecule has 0 aliphatic carbocycles. The smallest absolute Gasteiger partial charge is 0.343 e. The molecule has 0 bridgehead atoms. The van der Waals surface area contributed by atoms with Crippen LogP contribution in [0.15, 0.2) is 243 Å². The van der Waals surface area contributed by atoms with Crippen molar-refractivity contribution >= 4 is 102 Å². The van der Waals surface area contributed by atoms with Gasteiger partial charge in [0.15, 0.2) is 5.78 Å². The second-order valence-corrected chi connectivity index (χ2v) is 23.5. The van der Waals surface area contributed by atoms with E-state index in [0.29, 0.717) is 51.7 Å². The van der Waals surface area contributed by atoms with Gasteiger partial charge in [-0.25, -0.2) is 4.79 Å². The van der Waals surface area contributed by atoms with Gasteiger partial charge in [-0.05, 0) is 174 Å². The zero-order valence-electron chi connectivity index (χ0n) is 55.6. The highest BCUT2D eigenvalue weighted by molar-refractivity contribution is 6.24. The van der Waals surface area contributed by atoms with Crippen LogP contribution < -0.4 is 36.1 Å². The lowest BCUT2D eigenvalue weighted by atomic mass is 9.94. The van der Waals surface area contributed by atoms with Gasteiger partial charge in [0.2, 0.25) is 23.6 Å². The summed E-state index contributed by atoms with van der Waals surface area (Å²) in [6.45, 7) is 16.0. The molecule has 0 aromatic heterocycles. The van der Waals surface area contributed by atoms with Crippen LogP contribution in [0.25, 0.3) is 32.3 Å². The Kier molecular flexibility index (Phi) is 25.8. The molecule has 14 nitrogen and oxygen atoms in total. The van der Waals surface area contributed by atoms with E-state index in [0.717, 1.165) is 64.5 Å². The van der Waals surface area contributed by atoms with Gasteiger partial charge in [0.05, 0.1) is 5.56 Å². The first kappa shape index (κ1) is 70.6. The predicted molar refractivity (Wildman–Crippen MR) is 388 cm³/mol. The summed E-state index contributed by atoms with van der Waals surface area (Å²) in [5.74, 6) is 0.714. The normalized spacial score (nSPS) is 11.9. The highest BCUT2D eigenvalue weighted by Gasteiger charge is 2.18. The minimum absolute atomic E-state index is 0.000337. The minimum atomic E-state index is -0.431. The van der Waals surface area contributed by atoms with Gasteiger partial charge < -0.3 is 36.1 Å². The van der Waals surface area contributed by atoms with Crippen molar-refractivity contribution in [1.29, 1.82) is 0 Å². The molecule has 0 saturated carbocycles. The van der Waals surface area contributed by atoms with E-state index in [4.69, 9.17) is 9.47 Å². The summed E-state index contributed by atoms with van der Waals surface area (Å²) in [5.41, 5.74) is 6.96. The molecule has 11 aromatic rings. The first-order valence-corrected chi connectivity index (χ1v) is 32.6. The third-order valence-electron chi connectivity index (χ3n) is 16.6. The summed E-state index contributed by atoms with van der Waals surface area (Å²) in [6, 6.07) is 74.9. The number of rotatable bonds is 21. The SMILES string of the molecule is CCC(C)C(=O)Nc1ccc(C(=O)Nc2ccccc2)cc1.CCC(C)C(=O)Nc1ccc(C(=O)Oc2ccc3ccc4cccc5ccc2c3c45)cc1.CCC(C)C(=O)Nc1ccc(C(=O)c2ccccc2)cc1.CCC(C)C(=O)Nc1ccc(COc2ccccc2)cc1. The number of ether oxygens (including phenoxy) is 2. The van der Waals surface area contributed by atoms with Crippen LogP contribution in [0, 0.1) is 23.7 Å². The summed E-state index contributed by atoms with van der Waals surface area (Å²) in [6.07, 6.45) is 3.21. The number of hydrogen-bond acceptors (Lipinski definition) is 9. The molecule has 4 atom stereocenters. The lowest BCUT2D eigenvalue weighted by Crippen LogP contribution is -2.19. The van der Waals surface area contributed by atoms with Crippen molar-refractivity contribution in [3.8, 4) is 11.5 Å². The van der Waals surface area contributed by atoms with Crippen LogP contribution in [-0.4, -0.2) is 41.3 Å². The summed E-state index contributed by atoms with van der Waals surface area (Å²) in [4.78, 5) is 84.7. The van der Waals surface area contributed by atoms with Crippen molar-refractivity contribution < 1.29 is 43.0 Å². The number of ketones is 1. The second kappa shape index (κ2) is 35.1. The Morgan fingerprint density at radius 3 is 1.16 bits per heavy atom. The molecule has 5 N–H and O–H groups in total. The maximum Gasteiger partial charge on any atom is 0.343 e. The van der Waals surface area contributed by atoms with E-state index in [1.807, 2.05) is 177 Å². The van der Waals surface area contributed by atoms with Crippen LogP contribution >= 0.6 is 0 Å². The Bertz CT molecular complexity index is 4340. The van der Waals surface area contributed by atoms with Crippen molar-refractivity contribution in [1.82, 2.24) is 0 Å². The average Bonchev–Trinajstić information content (AvgIpc) is 0.743. The quantitative estimate of drug-likeness (QED) is 0.0201. The molecule has 0 fully saturated rings. The maximum absolute atomic E-state index is 12.9. The number of anilines is 5. The zero-order valence-corrected chi connectivity index (χ0v) is 55.6. The van der Waals surface area contributed by atoms with Gasteiger partial charge in [-0.15, -0.1) is 0 Å². The van der Waals surface area contributed by atoms with Crippen LogP contribution in [0.1, 0.15) is 123 Å². The largest absolute Gasteiger partial charge is 0.489 e. The molecule has 0 saturated heterocycles. The van der Waals surface area contributed by atoms with Crippen molar-refractivity contribution in [2.45, 2.75) is 87.7 Å². The summed E-state index contributed by atoms with van der Waals surface area (Å²) in [5, 5.41) is 20.9. The van der Waals surface area contributed by atoms with E-state index < -0.39 is 5.97 Å². The number of hydrogen-bond donors (Lipinski definition) is 5. The molecule has 0 heterocycles. The predicted octanol–water partition coefficient (Wildman–Crippen LogP) is 18.9. The lowest BCUT2D eigenvalue weighted by Gasteiger charge is -2.14. The molecule has 11 rings (SSSR count). The number of carbonyl (C=O) groups is 7. The summed E-state index contributed by atoms with van der Waals surface area (Å²) >= 11 is 0. The van der Waals surface area contributed by atoms with Crippen LogP contribution in [-0.2, 0) is 25.8 Å². The molecule has 14 heteroatoms. The van der Waals surface area contributed by atoms with Gasteiger partial charge in [0, 0.05) is 79.6 Å². The Labute approximate surface area is 562 Å². The molecule has 4 unspecified atom stereocenters. The maximum atomic E-state index is 12.9. The molecule has 0 spiro atoms. The number of esters is 1. The molecule has 490 valence electrons. The van der Waals surface area contributed by atoms with E-state index in [1.165, 1.54) is 16.2 Å². The third kappa shape index (κ3) is 19.9. The average molecular weight is 1280 g/mol. The third-order valence-corrected chi connectivity index (χ3v) is 16.6. The topological polar surface area (TPSA) is 198 Å². The van der Waals surface area contributed by atoms with Crippen LogP contribution in [0.5, 0.6) is 11.5 Å². The molecule has 5 amide bonds. The van der Waals surface area contributed by atoms with Gasteiger partial charge in [0.1, 0.15) is 18.1 Å². The van der Waals surface area contributed by atoms with Crippen molar-refractivity contribution in [3.63, 3.8) is 0 Å². The van der Waals surface area contributed by atoms with E-state index >= 15 is 0 Å². The van der Waals surface area contributed by atoms with Gasteiger partial charge in [-0.1, -0.05) is 177 Å². The Hall–Kier alpha value is -11.3. The first-order valence-electron chi connectivity index (χ1n) is 32.6. The van der Waals surface area contributed by atoms with Gasteiger partial charge in [-0.2, -0.15) is 0 Å². The number of amides is 5. The Morgan fingerprint density at radius 2 is 0.698 bits per heavy atom. The van der Waals surface area contributed by atoms with E-state index in [2.05, 4.69) is 63.0 Å². The second-order valence-electron chi connectivity index (χ2n) is 23.5. The first-order chi connectivity index (χ1) is 46.4. The highest BCUT2D eigenvalue weighted by atomic mass is 16.5. The molecular weight excluding hydrogens is 1200 g/mol. The fourth-order valence-corrected chi connectivity index (χ4v) is 9.71. The zero-order chi connectivity index (χ0) is 68.5. The molecule has 0 aliphatic heterocycles. The fourth-order valence-electron chi connectivity index (χ4n) is 9.71. The number of nitrogens with one attached hydrogen (secondary N) is 5. The van der Waals surface area contributed by atoms with E-state index in [9.17, 15) is 33.6 Å².